The number of unbranched alkanes of at least 4 members (excludes halogenated alkanes) is 2. The SMILES string of the molecule is CCCC/C=C(\Br)CC(=O)NC(C)(C)C. The first-order chi connectivity index (χ1) is 6.85. The summed E-state index contributed by atoms with van der Waals surface area (Å²) in [6.45, 7) is 8.12. The van der Waals surface area contributed by atoms with E-state index < -0.39 is 0 Å². The third-order valence-electron chi connectivity index (χ3n) is 1.77. The van der Waals surface area contributed by atoms with Gasteiger partial charge in [-0.25, -0.2) is 0 Å². The van der Waals surface area contributed by atoms with Crippen molar-refractivity contribution in [3.63, 3.8) is 0 Å². The van der Waals surface area contributed by atoms with Crippen molar-refractivity contribution < 1.29 is 4.79 Å². The largest absolute Gasteiger partial charge is 0.351 e. The minimum Gasteiger partial charge on any atom is -0.351 e. The molecule has 0 saturated heterocycles. The highest BCUT2D eigenvalue weighted by atomic mass is 79.9. The number of carbonyl (C=O) groups is 1. The van der Waals surface area contributed by atoms with E-state index in [0.717, 1.165) is 10.9 Å². The number of hydrogen-bond acceptors (Lipinski definition) is 1. The van der Waals surface area contributed by atoms with Gasteiger partial charge in [-0.3, -0.25) is 4.79 Å². The average Bonchev–Trinajstić information content (AvgIpc) is 2.00. The van der Waals surface area contributed by atoms with E-state index >= 15 is 0 Å². The maximum atomic E-state index is 11.5. The van der Waals surface area contributed by atoms with Crippen LogP contribution in [0.15, 0.2) is 10.6 Å². The number of halogens is 1. The van der Waals surface area contributed by atoms with Gasteiger partial charge >= 0.3 is 0 Å². The average molecular weight is 276 g/mol. The lowest BCUT2D eigenvalue weighted by molar-refractivity contribution is -0.121. The van der Waals surface area contributed by atoms with Crippen LogP contribution in [-0.2, 0) is 4.79 Å². The lowest BCUT2D eigenvalue weighted by Gasteiger charge is -2.20. The van der Waals surface area contributed by atoms with Gasteiger partial charge in [0.1, 0.15) is 0 Å². The van der Waals surface area contributed by atoms with Crippen LogP contribution in [0.2, 0.25) is 0 Å². The molecule has 0 atom stereocenters. The van der Waals surface area contributed by atoms with Gasteiger partial charge < -0.3 is 5.32 Å². The van der Waals surface area contributed by atoms with Gasteiger partial charge in [0.15, 0.2) is 0 Å². The van der Waals surface area contributed by atoms with Gasteiger partial charge in [-0.15, -0.1) is 0 Å². The van der Waals surface area contributed by atoms with Crippen LogP contribution in [0.3, 0.4) is 0 Å². The van der Waals surface area contributed by atoms with E-state index in [-0.39, 0.29) is 11.4 Å². The molecule has 1 amide bonds. The number of hydrogen-bond donors (Lipinski definition) is 1. The molecule has 0 aliphatic carbocycles. The van der Waals surface area contributed by atoms with E-state index in [4.69, 9.17) is 0 Å². The Balaban J connectivity index is 3.91. The van der Waals surface area contributed by atoms with E-state index in [1.54, 1.807) is 0 Å². The molecule has 1 N–H and O–H groups in total. The Hall–Kier alpha value is -0.310. The summed E-state index contributed by atoms with van der Waals surface area (Å²) in [6.07, 6.45) is 5.94. The molecule has 0 aromatic carbocycles. The monoisotopic (exact) mass is 275 g/mol. The minimum atomic E-state index is -0.145. The van der Waals surface area contributed by atoms with Crippen LogP contribution in [0.4, 0.5) is 0 Å². The van der Waals surface area contributed by atoms with Gasteiger partial charge in [0.05, 0.1) is 6.42 Å². The van der Waals surface area contributed by atoms with Crippen LogP contribution < -0.4 is 5.32 Å². The summed E-state index contributed by atoms with van der Waals surface area (Å²) < 4.78 is 0.984. The molecule has 0 radical (unpaired) electrons. The molecule has 0 bridgehead atoms. The number of amides is 1. The predicted octanol–water partition coefficient (Wildman–Crippen LogP) is 3.76. The minimum absolute atomic E-state index is 0.0714. The Morgan fingerprint density at radius 3 is 2.47 bits per heavy atom. The Bertz CT molecular complexity index is 228. The number of nitrogens with one attached hydrogen (secondary N) is 1. The Kier molecular flexibility index (Phi) is 6.90. The quantitative estimate of drug-likeness (QED) is 0.761. The van der Waals surface area contributed by atoms with Crippen molar-refractivity contribution in [1.82, 2.24) is 5.32 Å². The first-order valence-electron chi connectivity index (χ1n) is 5.50. The van der Waals surface area contributed by atoms with Crippen molar-refractivity contribution in [1.29, 1.82) is 0 Å². The summed E-state index contributed by atoms with van der Waals surface area (Å²) in [5.74, 6) is 0.0714. The summed E-state index contributed by atoms with van der Waals surface area (Å²) in [7, 11) is 0. The summed E-state index contributed by atoms with van der Waals surface area (Å²) in [4.78, 5) is 11.5. The number of carbonyl (C=O) groups excluding carboxylic acids is 1. The molecule has 0 rings (SSSR count). The maximum Gasteiger partial charge on any atom is 0.225 e. The molecule has 88 valence electrons. The second kappa shape index (κ2) is 7.04. The first kappa shape index (κ1) is 14.7. The Morgan fingerprint density at radius 2 is 2.00 bits per heavy atom. The van der Waals surface area contributed by atoms with Gasteiger partial charge in [0, 0.05) is 10.0 Å². The van der Waals surface area contributed by atoms with Crippen molar-refractivity contribution in [2.75, 3.05) is 0 Å². The highest BCUT2D eigenvalue weighted by Gasteiger charge is 2.13. The predicted molar refractivity (Wildman–Crippen MR) is 69.0 cm³/mol. The van der Waals surface area contributed by atoms with Gasteiger partial charge in [-0.05, 0) is 27.2 Å². The zero-order chi connectivity index (χ0) is 11.9. The highest BCUT2D eigenvalue weighted by molar-refractivity contribution is 9.11. The molecule has 0 aliphatic rings. The zero-order valence-corrected chi connectivity index (χ0v) is 11.8. The van der Waals surface area contributed by atoms with E-state index in [1.165, 1.54) is 12.8 Å². The van der Waals surface area contributed by atoms with Gasteiger partial charge in [0.2, 0.25) is 5.91 Å². The molecule has 15 heavy (non-hydrogen) atoms. The third-order valence-corrected chi connectivity index (χ3v) is 2.37. The third kappa shape index (κ3) is 9.98. The second-order valence-electron chi connectivity index (χ2n) is 4.77. The van der Waals surface area contributed by atoms with Crippen LogP contribution >= 0.6 is 15.9 Å². The van der Waals surface area contributed by atoms with Gasteiger partial charge in [0.25, 0.3) is 0 Å². The van der Waals surface area contributed by atoms with Crippen molar-refractivity contribution in [3.05, 3.63) is 10.6 Å². The molecular weight excluding hydrogens is 254 g/mol. The van der Waals surface area contributed by atoms with Gasteiger partial charge in [-0.1, -0.05) is 41.8 Å². The molecular formula is C12H22BrNO. The highest BCUT2D eigenvalue weighted by Crippen LogP contribution is 2.13. The van der Waals surface area contributed by atoms with Crippen molar-refractivity contribution in [2.24, 2.45) is 0 Å². The molecule has 0 aromatic rings. The summed E-state index contributed by atoms with van der Waals surface area (Å²) in [5, 5.41) is 2.93. The van der Waals surface area contributed by atoms with Crippen LogP contribution in [0.5, 0.6) is 0 Å². The summed E-state index contributed by atoms with van der Waals surface area (Å²) in [6, 6.07) is 0. The smallest absolute Gasteiger partial charge is 0.225 e. The van der Waals surface area contributed by atoms with E-state index in [9.17, 15) is 4.79 Å². The molecule has 0 heterocycles. The molecule has 0 aliphatic heterocycles. The van der Waals surface area contributed by atoms with Crippen LogP contribution in [0.25, 0.3) is 0 Å². The van der Waals surface area contributed by atoms with Crippen molar-refractivity contribution in [2.45, 2.75) is 58.9 Å². The van der Waals surface area contributed by atoms with E-state index in [0.29, 0.717) is 6.42 Å². The standard InChI is InChI=1S/C12H22BrNO/c1-5-6-7-8-10(13)9-11(15)14-12(2,3)4/h8H,5-7,9H2,1-4H3,(H,14,15)/b10-8-. The molecule has 0 saturated carbocycles. The fourth-order valence-corrected chi connectivity index (χ4v) is 1.63. The van der Waals surface area contributed by atoms with Crippen LogP contribution in [0, 0.1) is 0 Å². The zero-order valence-electron chi connectivity index (χ0n) is 10.2. The summed E-state index contributed by atoms with van der Waals surface area (Å²) in [5.41, 5.74) is -0.145. The second-order valence-corrected chi connectivity index (χ2v) is 5.79. The normalized spacial score (nSPS) is 12.7. The van der Waals surface area contributed by atoms with Gasteiger partial charge in [-0.2, -0.15) is 0 Å². The van der Waals surface area contributed by atoms with E-state index in [1.807, 2.05) is 20.8 Å². The fourth-order valence-electron chi connectivity index (χ4n) is 1.15. The van der Waals surface area contributed by atoms with Crippen molar-refractivity contribution in [3.8, 4) is 0 Å². The lowest BCUT2D eigenvalue weighted by Crippen LogP contribution is -2.40. The molecule has 0 aromatic heterocycles. The number of allylic oxidation sites excluding steroid dienone is 1. The lowest BCUT2D eigenvalue weighted by atomic mass is 10.1. The molecule has 0 spiro atoms. The fraction of sp³-hybridized carbons (Fsp3) is 0.750. The Labute approximate surface area is 102 Å². The molecule has 2 nitrogen and oxygen atoms in total. The molecule has 0 fully saturated rings. The van der Waals surface area contributed by atoms with Crippen LogP contribution in [0.1, 0.15) is 53.4 Å². The summed E-state index contributed by atoms with van der Waals surface area (Å²) >= 11 is 3.42. The first-order valence-corrected chi connectivity index (χ1v) is 6.30. The topological polar surface area (TPSA) is 29.1 Å². The van der Waals surface area contributed by atoms with E-state index in [2.05, 4.69) is 34.2 Å². The Morgan fingerprint density at radius 1 is 1.40 bits per heavy atom. The van der Waals surface area contributed by atoms with Crippen molar-refractivity contribution >= 4 is 21.8 Å². The van der Waals surface area contributed by atoms with Crippen LogP contribution in [-0.4, -0.2) is 11.4 Å². The number of rotatable bonds is 5. The maximum absolute atomic E-state index is 11.5. The molecule has 0 unspecified atom stereocenters. The molecule has 3 heteroatoms.